The SMILES string of the molecule is Cn1ccc(C(N)c2cc3c(s2)CCC3)n1. The Hall–Kier alpha value is -1.13. The van der Waals surface area contributed by atoms with Gasteiger partial charge in [0.1, 0.15) is 0 Å². The Balaban J connectivity index is 1.91. The number of nitrogens with two attached hydrogens (primary N) is 1. The molecular weight excluding hydrogens is 218 g/mol. The number of fused-ring (bicyclic) bond motifs is 1. The van der Waals surface area contributed by atoms with Gasteiger partial charge in [-0.15, -0.1) is 11.3 Å². The summed E-state index contributed by atoms with van der Waals surface area (Å²) >= 11 is 1.86. The van der Waals surface area contributed by atoms with Crippen molar-refractivity contribution < 1.29 is 0 Å². The first-order valence-electron chi connectivity index (χ1n) is 5.60. The third kappa shape index (κ3) is 1.58. The van der Waals surface area contributed by atoms with E-state index in [4.69, 9.17) is 5.73 Å². The van der Waals surface area contributed by atoms with Gasteiger partial charge < -0.3 is 5.73 Å². The number of hydrogen-bond donors (Lipinski definition) is 1. The molecule has 1 aliphatic rings. The van der Waals surface area contributed by atoms with Gasteiger partial charge in [-0.3, -0.25) is 4.68 Å². The summed E-state index contributed by atoms with van der Waals surface area (Å²) in [5.41, 5.74) is 8.69. The predicted octanol–water partition coefficient (Wildman–Crippen LogP) is 2.02. The summed E-state index contributed by atoms with van der Waals surface area (Å²) < 4.78 is 1.80. The minimum absolute atomic E-state index is 0.0585. The molecule has 1 aliphatic carbocycles. The zero-order valence-corrected chi connectivity index (χ0v) is 10.1. The molecule has 3 nitrogen and oxygen atoms in total. The first-order valence-corrected chi connectivity index (χ1v) is 6.42. The van der Waals surface area contributed by atoms with E-state index in [1.165, 1.54) is 34.6 Å². The van der Waals surface area contributed by atoms with Gasteiger partial charge in [0.2, 0.25) is 0 Å². The molecule has 3 rings (SSSR count). The Bertz CT molecular complexity index is 491. The van der Waals surface area contributed by atoms with Crippen molar-refractivity contribution in [2.45, 2.75) is 25.3 Å². The molecule has 0 aliphatic heterocycles. The van der Waals surface area contributed by atoms with Crippen molar-refractivity contribution in [1.82, 2.24) is 9.78 Å². The van der Waals surface area contributed by atoms with Gasteiger partial charge in [-0.2, -0.15) is 5.10 Å². The van der Waals surface area contributed by atoms with E-state index in [-0.39, 0.29) is 6.04 Å². The van der Waals surface area contributed by atoms with Crippen LogP contribution in [0.25, 0.3) is 0 Å². The predicted molar refractivity (Wildman–Crippen MR) is 65.6 cm³/mol. The minimum Gasteiger partial charge on any atom is -0.318 e. The van der Waals surface area contributed by atoms with E-state index in [0.717, 1.165) is 5.69 Å². The Morgan fingerprint density at radius 3 is 3.06 bits per heavy atom. The third-order valence-electron chi connectivity index (χ3n) is 3.13. The first-order chi connectivity index (χ1) is 7.74. The van der Waals surface area contributed by atoms with Crippen LogP contribution in [0.4, 0.5) is 0 Å². The monoisotopic (exact) mass is 233 g/mol. The highest BCUT2D eigenvalue weighted by atomic mass is 32.1. The second-order valence-corrected chi connectivity index (χ2v) is 5.51. The van der Waals surface area contributed by atoms with Gasteiger partial charge in [0.25, 0.3) is 0 Å². The second-order valence-electron chi connectivity index (χ2n) is 4.34. The third-order valence-corrected chi connectivity index (χ3v) is 4.45. The van der Waals surface area contributed by atoms with Crippen molar-refractivity contribution >= 4 is 11.3 Å². The van der Waals surface area contributed by atoms with E-state index < -0.39 is 0 Å². The van der Waals surface area contributed by atoms with Crippen LogP contribution in [0.2, 0.25) is 0 Å². The van der Waals surface area contributed by atoms with Crippen molar-refractivity contribution in [3.8, 4) is 0 Å². The molecule has 0 amide bonds. The number of nitrogens with zero attached hydrogens (tertiary/aromatic N) is 2. The normalized spacial score (nSPS) is 16.4. The Morgan fingerprint density at radius 1 is 1.50 bits per heavy atom. The molecule has 4 heteroatoms. The summed E-state index contributed by atoms with van der Waals surface area (Å²) in [6.07, 6.45) is 5.70. The fourth-order valence-corrected chi connectivity index (χ4v) is 3.52. The zero-order chi connectivity index (χ0) is 11.1. The average molecular weight is 233 g/mol. The summed E-state index contributed by atoms with van der Waals surface area (Å²) in [7, 11) is 1.92. The molecule has 16 heavy (non-hydrogen) atoms. The van der Waals surface area contributed by atoms with Crippen LogP contribution in [-0.2, 0) is 19.9 Å². The molecular formula is C12H15N3S. The quantitative estimate of drug-likeness (QED) is 0.862. The molecule has 0 spiro atoms. The molecule has 1 unspecified atom stereocenters. The number of thiophene rings is 1. The number of rotatable bonds is 2. The van der Waals surface area contributed by atoms with Crippen molar-refractivity contribution in [1.29, 1.82) is 0 Å². The molecule has 0 bridgehead atoms. The molecule has 2 aromatic heterocycles. The van der Waals surface area contributed by atoms with Gasteiger partial charge in [-0.05, 0) is 37.0 Å². The van der Waals surface area contributed by atoms with Crippen LogP contribution < -0.4 is 5.73 Å². The lowest BCUT2D eigenvalue weighted by Gasteiger charge is -2.05. The molecule has 0 radical (unpaired) electrons. The summed E-state index contributed by atoms with van der Waals surface area (Å²) in [4.78, 5) is 2.78. The number of hydrogen-bond acceptors (Lipinski definition) is 3. The Morgan fingerprint density at radius 2 is 2.38 bits per heavy atom. The summed E-state index contributed by atoms with van der Waals surface area (Å²) in [5.74, 6) is 0. The van der Waals surface area contributed by atoms with Crippen LogP contribution in [0.1, 0.15) is 33.5 Å². The molecule has 0 fully saturated rings. The first kappa shape index (κ1) is 10.1. The standard InChI is InChI=1S/C12H15N3S/c1-15-6-5-9(14-15)12(13)11-7-8-3-2-4-10(8)16-11/h5-7,12H,2-4,13H2,1H3. The molecule has 2 aromatic rings. The van der Waals surface area contributed by atoms with E-state index >= 15 is 0 Å². The highest BCUT2D eigenvalue weighted by Crippen LogP contribution is 2.34. The van der Waals surface area contributed by atoms with Gasteiger partial charge >= 0.3 is 0 Å². The van der Waals surface area contributed by atoms with E-state index in [9.17, 15) is 0 Å². The maximum absolute atomic E-state index is 6.23. The van der Waals surface area contributed by atoms with Gasteiger partial charge in [0.05, 0.1) is 11.7 Å². The van der Waals surface area contributed by atoms with Gasteiger partial charge in [0, 0.05) is 23.0 Å². The second kappa shape index (κ2) is 3.71. The highest BCUT2D eigenvalue weighted by Gasteiger charge is 2.20. The van der Waals surface area contributed by atoms with Gasteiger partial charge in [-0.25, -0.2) is 0 Å². The number of aryl methyl sites for hydroxylation is 3. The maximum Gasteiger partial charge on any atom is 0.0845 e. The number of aromatic nitrogens is 2. The summed E-state index contributed by atoms with van der Waals surface area (Å²) in [6, 6.07) is 4.21. The van der Waals surface area contributed by atoms with Crippen molar-refractivity contribution in [2.75, 3.05) is 0 Å². The van der Waals surface area contributed by atoms with E-state index in [0.29, 0.717) is 0 Å². The van der Waals surface area contributed by atoms with Crippen molar-refractivity contribution in [2.24, 2.45) is 12.8 Å². The minimum atomic E-state index is -0.0585. The maximum atomic E-state index is 6.23. The lowest BCUT2D eigenvalue weighted by Crippen LogP contribution is -2.11. The molecule has 2 N–H and O–H groups in total. The average Bonchev–Trinajstić information content (AvgIpc) is 2.89. The summed E-state index contributed by atoms with van der Waals surface area (Å²) in [6.45, 7) is 0. The topological polar surface area (TPSA) is 43.8 Å². The zero-order valence-electron chi connectivity index (χ0n) is 9.31. The lowest BCUT2D eigenvalue weighted by molar-refractivity contribution is 0.719. The van der Waals surface area contributed by atoms with Crippen molar-refractivity contribution in [3.05, 3.63) is 39.3 Å². The lowest BCUT2D eigenvalue weighted by atomic mass is 10.1. The van der Waals surface area contributed by atoms with Crippen LogP contribution in [0, 0.1) is 0 Å². The van der Waals surface area contributed by atoms with Crippen molar-refractivity contribution in [3.63, 3.8) is 0 Å². The molecule has 0 saturated heterocycles. The van der Waals surface area contributed by atoms with E-state index in [1.54, 1.807) is 4.68 Å². The smallest absolute Gasteiger partial charge is 0.0845 e. The van der Waals surface area contributed by atoms with Gasteiger partial charge in [0.15, 0.2) is 0 Å². The van der Waals surface area contributed by atoms with Crippen LogP contribution in [0.5, 0.6) is 0 Å². The summed E-state index contributed by atoms with van der Waals surface area (Å²) in [5, 5.41) is 4.37. The molecule has 1 atom stereocenters. The molecule has 0 aromatic carbocycles. The Kier molecular flexibility index (Phi) is 2.33. The van der Waals surface area contributed by atoms with E-state index in [2.05, 4.69) is 11.2 Å². The van der Waals surface area contributed by atoms with Crippen LogP contribution in [0.15, 0.2) is 18.3 Å². The fraction of sp³-hybridized carbons (Fsp3) is 0.417. The van der Waals surface area contributed by atoms with Gasteiger partial charge in [-0.1, -0.05) is 0 Å². The molecule has 2 heterocycles. The largest absolute Gasteiger partial charge is 0.318 e. The highest BCUT2D eigenvalue weighted by molar-refractivity contribution is 7.12. The fourth-order valence-electron chi connectivity index (χ4n) is 2.25. The van der Waals surface area contributed by atoms with Crippen LogP contribution >= 0.6 is 11.3 Å². The molecule has 84 valence electrons. The molecule has 0 saturated carbocycles. The van der Waals surface area contributed by atoms with Crippen LogP contribution in [0.3, 0.4) is 0 Å². The Labute approximate surface area is 98.9 Å². The van der Waals surface area contributed by atoms with Crippen LogP contribution in [-0.4, -0.2) is 9.78 Å². The van der Waals surface area contributed by atoms with E-state index in [1.807, 2.05) is 30.6 Å².